The van der Waals surface area contributed by atoms with E-state index in [1.54, 1.807) is 6.92 Å². The molecule has 0 aromatic carbocycles. The van der Waals surface area contributed by atoms with E-state index in [0.717, 1.165) is 13.0 Å². The van der Waals surface area contributed by atoms with Crippen molar-refractivity contribution in [1.29, 1.82) is 0 Å². The topological polar surface area (TPSA) is 80.0 Å². The Labute approximate surface area is 99.2 Å². The molecule has 1 saturated carbocycles. The van der Waals surface area contributed by atoms with Crippen molar-refractivity contribution in [3.05, 3.63) is 5.89 Å². The first kappa shape index (κ1) is 10.7. The summed E-state index contributed by atoms with van der Waals surface area (Å²) in [4.78, 5) is 12.1. The van der Waals surface area contributed by atoms with Gasteiger partial charge in [0, 0.05) is 6.92 Å². The van der Waals surface area contributed by atoms with Crippen molar-refractivity contribution in [1.82, 2.24) is 15.5 Å². The molecule has 1 aliphatic carbocycles. The molecule has 1 aromatic rings. The van der Waals surface area contributed by atoms with E-state index in [2.05, 4.69) is 20.8 Å². The van der Waals surface area contributed by atoms with Crippen LogP contribution in [0.1, 0.15) is 25.2 Å². The maximum absolute atomic E-state index is 12.1. The van der Waals surface area contributed by atoms with Crippen LogP contribution in [-0.2, 0) is 4.79 Å². The predicted octanol–water partition coefficient (Wildman–Crippen LogP) is 0.705. The lowest BCUT2D eigenvalue weighted by atomic mass is 9.94. The number of fused-ring (bicyclic) bond motifs is 1. The highest BCUT2D eigenvalue weighted by Crippen LogP contribution is 2.37. The first-order valence-corrected chi connectivity index (χ1v) is 6.08. The maximum Gasteiger partial charge on any atom is 0.322 e. The molecule has 1 saturated heterocycles. The van der Waals surface area contributed by atoms with Crippen molar-refractivity contribution in [3.8, 4) is 0 Å². The molecule has 17 heavy (non-hydrogen) atoms. The molecule has 1 aliphatic heterocycles. The Kier molecular flexibility index (Phi) is 2.58. The average Bonchev–Trinajstić information content (AvgIpc) is 2.93. The third kappa shape index (κ3) is 1.93. The van der Waals surface area contributed by atoms with Crippen molar-refractivity contribution in [3.63, 3.8) is 0 Å². The quantitative estimate of drug-likeness (QED) is 0.790. The zero-order chi connectivity index (χ0) is 11.8. The van der Waals surface area contributed by atoms with Crippen LogP contribution < -0.4 is 10.6 Å². The van der Waals surface area contributed by atoms with Gasteiger partial charge in [0.05, 0.1) is 6.04 Å². The fourth-order valence-corrected chi connectivity index (χ4v) is 3.00. The van der Waals surface area contributed by atoms with E-state index in [4.69, 9.17) is 4.42 Å². The van der Waals surface area contributed by atoms with Crippen LogP contribution in [-0.4, -0.2) is 28.7 Å². The van der Waals surface area contributed by atoms with Gasteiger partial charge in [-0.05, 0) is 31.2 Å². The number of aromatic nitrogens is 2. The lowest BCUT2D eigenvalue weighted by molar-refractivity contribution is -0.118. The van der Waals surface area contributed by atoms with Gasteiger partial charge >= 0.3 is 6.01 Å². The van der Waals surface area contributed by atoms with Crippen LogP contribution in [0.4, 0.5) is 6.01 Å². The van der Waals surface area contributed by atoms with Crippen LogP contribution in [0.5, 0.6) is 0 Å². The maximum atomic E-state index is 12.1. The lowest BCUT2D eigenvalue weighted by Crippen LogP contribution is -2.39. The molecule has 6 nitrogen and oxygen atoms in total. The zero-order valence-corrected chi connectivity index (χ0v) is 9.77. The third-order valence-electron chi connectivity index (χ3n) is 3.78. The smallest absolute Gasteiger partial charge is 0.322 e. The standard InChI is InChI=1S/C11H16N4O2/c1-6-14-15-11(17-6)13-10(16)9-8-4-2-3-7(8)5-12-9/h7-9,12H,2-5H2,1H3,(H,13,15,16). The Morgan fingerprint density at radius 3 is 3.12 bits per heavy atom. The summed E-state index contributed by atoms with van der Waals surface area (Å²) in [5.74, 6) is 1.54. The summed E-state index contributed by atoms with van der Waals surface area (Å²) in [6.45, 7) is 2.65. The zero-order valence-electron chi connectivity index (χ0n) is 9.77. The molecule has 2 fully saturated rings. The van der Waals surface area contributed by atoms with E-state index < -0.39 is 0 Å². The summed E-state index contributed by atoms with van der Waals surface area (Å²) >= 11 is 0. The minimum Gasteiger partial charge on any atom is -0.408 e. The molecule has 2 heterocycles. The SMILES string of the molecule is Cc1nnc(NC(=O)C2NCC3CCCC32)o1. The lowest BCUT2D eigenvalue weighted by Gasteiger charge is -2.16. The molecule has 1 aromatic heterocycles. The van der Waals surface area contributed by atoms with Crippen LogP contribution in [0.3, 0.4) is 0 Å². The van der Waals surface area contributed by atoms with Crippen LogP contribution >= 0.6 is 0 Å². The number of nitrogens with zero attached hydrogens (tertiary/aromatic N) is 2. The molecule has 3 unspecified atom stereocenters. The molecule has 1 amide bonds. The first-order chi connectivity index (χ1) is 8.24. The van der Waals surface area contributed by atoms with Crippen LogP contribution in [0.15, 0.2) is 4.42 Å². The molecule has 92 valence electrons. The highest BCUT2D eigenvalue weighted by Gasteiger charge is 2.42. The minimum atomic E-state index is -0.102. The number of hydrogen-bond donors (Lipinski definition) is 2. The summed E-state index contributed by atoms with van der Waals surface area (Å²) in [5, 5.41) is 13.4. The summed E-state index contributed by atoms with van der Waals surface area (Å²) in [7, 11) is 0. The van der Waals surface area contributed by atoms with E-state index in [9.17, 15) is 4.79 Å². The molecular formula is C11H16N4O2. The largest absolute Gasteiger partial charge is 0.408 e. The van der Waals surface area contributed by atoms with Gasteiger partial charge in [-0.2, -0.15) is 0 Å². The van der Waals surface area contributed by atoms with Crippen molar-refractivity contribution < 1.29 is 9.21 Å². The Morgan fingerprint density at radius 1 is 1.47 bits per heavy atom. The van der Waals surface area contributed by atoms with Gasteiger partial charge in [0.25, 0.3) is 0 Å². The van der Waals surface area contributed by atoms with Gasteiger partial charge < -0.3 is 9.73 Å². The van der Waals surface area contributed by atoms with Crippen molar-refractivity contribution in [2.45, 2.75) is 32.2 Å². The molecule has 6 heteroatoms. The summed E-state index contributed by atoms with van der Waals surface area (Å²) in [6.07, 6.45) is 3.61. The van der Waals surface area contributed by atoms with E-state index in [-0.39, 0.29) is 18.0 Å². The number of carbonyl (C=O) groups is 1. The monoisotopic (exact) mass is 236 g/mol. The number of anilines is 1. The molecule has 2 N–H and O–H groups in total. The Bertz CT molecular complexity index is 431. The summed E-state index contributed by atoms with van der Waals surface area (Å²) in [5.41, 5.74) is 0. The number of carbonyl (C=O) groups excluding carboxylic acids is 1. The normalized spacial score (nSPS) is 31.5. The number of hydrogen-bond acceptors (Lipinski definition) is 5. The van der Waals surface area contributed by atoms with E-state index in [1.165, 1.54) is 12.8 Å². The van der Waals surface area contributed by atoms with Gasteiger partial charge in [0.15, 0.2) is 0 Å². The predicted molar refractivity (Wildman–Crippen MR) is 60.3 cm³/mol. The number of rotatable bonds is 2. The van der Waals surface area contributed by atoms with Gasteiger partial charge in [-0.1, -0.05) is 11.5 Å². The van der Waals surface area contributed by atoms with Gasteiger partial charge in [-0.15, -0.1) is 5.10 Å². The highest BCUT2D eigenvalue weighted by molar-refractivity contribution is 5.93. The molecule has 3 rings (SSSR count). The molecule has 0 bridgehead atoms. The minimum absolute atomic E-state index is 0.0527. The van der Waals surface area contributed by atoms with E-state index >= 15 is 0 Å². The Balaban J connectivity index is 1.66. The van der Waals surface area contributed by atoms with Crippen molar-refractivity contribution in [2.24, 2.45) is 11.8 Å². The highest BCUT2D eigenvalue weighted by atomic mass is 16.4. The van der Waals surface area contributed by atoms with Crippen LogP contribution in [0.2, 0.25) is 0 Å². The number of amides is 1. The van der Waals surface area contributed by atoms with Gasteiger partial charge in [0.1, 0.15) is 0 Å². The molecular weight excluding hydrogens is 220 g/mol. The fraction of sp³-hybridized carbons (Fsp3) is 0.727. The first-order valence-electron chi connectivity index (χ1n) is 6.08. The second kappa shape index (κ2) is 4.10. The Hall–Kier alpha value is -1.43. The number of nitrogens with one attached hydrogen (secondary N) is 2. The number of aryl methyl sites for hydroxylation is 1. The van der Waals surface area contributed by atoms with Crippen LogP contribution in [0.25, 0.3) is 0 Å². The Morgan fingerprint density at radius 2 is 2.35 bits per heavy atom. The molecule has 2 aliphatic rings. The second-order valence-corrected chi connectivity index (χ2v) is 4.86. The van der Waals surface area contributed by atoms with E-state index in [1.807, 2.05) is 0 Å². The van der Waals surface area contributed by atoms with Gasteiger partial charge in [-0.25, -0.2) is 0 Å². The summed E-state index contributed by atoms with van der Waals surface area (Å²) in [6, 6.07) is 0.0884. The van der Waals surface area contributed by atoms with Crippen molar-refractivity contribution >= 4 is 11.9 Å². The average molecular weight is 236 g/mol. The van der Waals surface area contributed by atoms with Gasteiger partial charge in [0.2, 0.25) is 11.8 Å². The van der Waals surface area contributed by atoms with Crippen molar-refractivity contribution in [2.75, 3.05) is 11.9 Å². The summed E-state index contributed by atoms with van der Waals surface area (Å²) < 4.78 is 5.14. The molecule has 0 radical (unpaired) electrons. The third-order valence-corrected chi connectivity index (χ3v) is 3.78. The van der Waals surface area contributed by atoms with E-state index in [0.29, 0.717) is 17.7 Å². The van der Waals surface area contributed by atoms with Crippen LogP contribution in [0, 0.1) is 18.8 Å². The fourth-order valence-electron chi connectivity index (χ4n) is 3.00. The second-order valence-electron chi connectivity index (χ2n) is 4.86. The van der Waals surface area contributed by atoms with Gasteiger partial charge in [-0.3, -0.25) is 10.1 Å². The molecule has 0 spiro atoms. The molecule has 3 atom stereocenters.